The van der Waals surface area contributed by atoms with Crippen LogP contribution in [0.15, 0.2) is 30.3 Å². The number of benzene rings is 1. The summed E-state index contributed by atoms with van der Waals surface area (Å²) < 4.78 is 11.3. The standard InChI is InChI=1S/C15H21NO2/c1-16-15(14-10-17-7-8-18-14)13-9-12(13)11-5-3-2-4-6-11/h2-6,12-16H,7-10H2,1H3. The molecule has 1 aromatic carbocycles. The lowest BCUT2D eigenvalue weighted by Crippen LogP contribution is -2.46. The molecule has 0 bridgehead atoms. The molecule has 3 nitrogen and oxygen atoms in total. The van der Waals surface area contributed by atoms with E-state index in [1.807, 2.05) is 7.05 Å². The smallest absolute Gasteiger partial charge is 0.0964 e. The Morgan fingerprint density at radius 2 is 2.06 bits per heavy atom. The number of ether oxygens (including phenoxy) is 2. The Kier molecular flexibility index (Phi) is 3.64. The van der Waals surface area contributed by atoms with E-state index in [1.165, 1.54) is 12.0 Å². The van der Waals surface area contributed by atoms with E-state index in [-0.39, 0.29) is 6.10 Å². The lowest BCUT2D eigenvalue weighted by atomic mass is 10.0. The molecule has 4 unspecified atom stereocenters. The lowest BCUT2D eigenvalue weighted by Gasteiger charge is -2.30. The third-order valence-electron chi connectivity index (χ3n) is 4.10. The van der Waals surface area contributed by atoms with E-state index in [2.05, 4.69) is 35.6 Å². The fraction of sp³-hybridized carbons (Fsp3) is 0.600. The van der Waals surface area contributed by atoms with Crippen LogP contribution in [-0.4, -0.2) is 39.0 Å². The molecule has 1 heterocycles. The normalized spacial score (nSPS) is 33.1. The second-order valence-electron chi connectivity index (χ2n) is 5.22. The summed E-state index contributed by atoms with van der Waals surface area (Å²) >= 11 is 0. The summed E-state index contributed by atoms with van der Waals surface area (Å²) in [6.45, 7) is 2.19. The summed E-state index contributed by atoms with van der Waals surface area (Å²) in [5.41, 5.74) is 1.46. The summed E-state index contributed by atoms with van der Waals surface area (Å²) in [6, 6.07) is 11.2. The highest BCUT2D eigenvalue weighted by atomic mass is 16.6. The lowest BCUT2D eigenvalue weighted by molar-refractivity contribution is -0.103. The average Bonchev–Trinajstić information content (AvgIpc) is 3.22. The van der Waals surface area contributed by atoms with Crippen molar-refractivity contribution in [2.24, 2.45) is 5.92 Å². The molecule has 0 amide bonds. The number of rotatable bonds is 4. The molecule has 1 N–H and O–H groups in total. The molecule has 98 valence electrons. The van der Waals surface area contributed by atoms with Crippen LogP contribution in [-0.2, 0) is 9.47 Å². The SMILES string of the molecule is CNC(C1COCCO1)C1CC1c1ccccc1. The number of likely N-dealkylation sites (N-methyl/N-ethyl adjacent to an activating group) is 1. The van der Waals surface area contributed by atoms with E-state index in [0.717, 1.165) is 19.8 Å². The molecule has 0 aromatic heterocycles. The molecule has 3 heteroatoms. The molecule has 1 saturated carbocycles. The van der Waals surface area contributed by atoms with Gasteiger partial charge in [-0.2, -0.15) is 0 Å². The second-order valence-corrected chi connectivity index (χ2v) is 5.22. The molecule has 18 heavy (non-hydrogen) atoms. The van der Waals surface area contributed by atoms with Crippen molar-refractivity contribution < 1.29 is 9.47 Å². The zero-order valence-electron chi connectivity index (χ0n) is 10.8. The molecule has 3 rings (SSSR count). The maximum Gasteiger partial charge on any atom is 0.0964 e. The number of hydrogen-bond acceptors (Lipinski definition) is 3. The van der Waals surface area contributed by atoms with Crippen LogP contribution in [0, 0.1) is 5.92 Å². The summed E-state index contributed by atoms with van der Waals surface area (Å²) in [7, 11) is 2.03. The van der Waals surface area contributed by atoms with E-state index in [0.29, 0.717) is 17.9 Å². The first-order valence-electron chi connectivity index (χ1n) is 6.81. The minimum Gasteiger partial charge on any atom is -0.376 e. The fourth-order valence-corrected chi connectivity index (χ4v) is 3.08. The fourth-order valence-electron chi connectivity index (χ4n) is 3.08. The van der Waals surface area contributed by atoms with Crippen molar-refractivity contribution >= 4 is 0 Å². The summed E-state index contributed by atoms with van der Waals surface area (Å²) in [4.78, 5) is 0. The van der Waals surface area contributed by atoms with Crippen molar-refractivity contribution in [3.63, 3.8) is 0 Å². The van der Waals surface area contributed by atoms with Gasteiger partial charge in [0.05, 0.1) is 25.9 Å². The van der Waals surface area contributed by atoms with Gasteiger partial charge in [0.1, 0.15) is 0 Å². The van der Waals surface area contributed by atoms with Gasteiger partial charge in [-0.1, -0.05) is 30.3 Å². The van der Waals surface area contributed by atoms with Crippen LogP contribution in [0.4, 0.5) is 0 Å². The van der Waals surface area contributed by atoms with Crippen LogP contribution >= 0.6 is 0 Å². The van der Waals surface area contributed by atoms with Crippen LogP contribution in [0.1, 0.15) is 17.9 Å². The van der Waals surface area contributed by atoms with Crippen LogP contribution < -0.4 is 5.32 Å². The van der Waals surface area contributed by atoms with Crippen LogP contribution in [0.25, 0.3) is 0 Å². The molecule has 1 aliphatic heterocycles. The minimum atomic E-state index is 0.211. The van der Waals surface area contributed by atoms with Crippen molar-refractivity contribution in [2.75, 3.05) is 26.9 Å². The van der Waals surface area contributed by atoms with Crippen LogP contribution in [0.5, 0.6) is 0 Å². The Morgan fingerprint density at radius 1 is 1.22 bits per heavy atom. The Bertz CT molecular complexity index is 375. The number of nitrogens with one attached hydrogen (secondary N) is 1. The molecule has 1 aliphatic carbocycles. The molecular weight excluding hydrogens is 226 g/mol. The average molecular weight is 247 g/mol. The van der Waals surface area contributed by atoms with Crippen LogP contribution in [0.2, 0.25) is 0 Å². The van der Waals surface area contributed by atoms with E-state index in [4.69, 9.17) is 9.47 Å². The zero-order valence-corrected chi connectivity index (χ0v) is 10.8. The molecule has 0 spiro atoms. The van der Waals surface area contributed by atoms with Gasteiger partial charge >= 0.3 is 0 Å². The molecule has 1 saturated heterocycles. The molecule has 1 aromatic rings. The van der Waals surface area contributed by atoms with Crippen molar-refractivity contribution in [3.8, 4) is 0 Å². The first-order chi connectivity index (χ1) is 8.90. The van der Waals surface area contributed by atoms with Gasteiger partial charge in [-0.15, -0.1) is 0 Å². The first kappa shape index (κ1) is 12.2. The van der Waals surface area contributed by atoms with Crippen molar-refractivity contribution in [1.82, 2.24) is 5.32 Å². The Labute approximate surface area is 108 Å². The van der Waals surface area contributed by atoms with E-state index in [1.54, 1.807) is 0 Å². The van der Waals surface area contributed by atoms with E-state index < -0.39 is 0 Å². The first-order valence-corrected chi connectivity index (χ1v) is 6.81. The predicted molar refractivity (Wildman–Crippen MR) is 70.7 cm³/mol. The second kappa shape index (κ2) is 5.39. The maximum absolute atomic E-state index is 5.83. The van der Waals surface area contributed by atoms with Crippen molar-refractivity contribution in [1.29, 1.82) is 0 Å². The largest absolute Gasteiger partial charge is 0.376 e. The molecular formula is C15H21NO2. The maximum atomic E-state index is 5.83. The molecule has 2 fully saturated rings. The topological polar surface area (TPSA) is 30.5 Å². The van der Waals surface area contributed by atoms with Crippen molar-refractivity contribution in [2.45, 2.75) is 24.5 Å². The van der Waals surface area contributed by atoms with Gasteiger partial charge in [0.2, 0.25) is 0 Å². The van der Waals surface area contributed by atoms with Gasteiger partial charge in [0.25, 0.3) is 0 Å². The monoisotopic (exact) mass is 247 g/mol. The highest BCUT2D eigenvalue weighted by Gasteiger charge is 2.46. The Morgan fingerprint density at radius 3 is 2.72 bits per heavy atom. The minimum absolute atomic E-state index is 0.211. The van der Waals surface area contributed by atoms with Crippen LogP contribution in [0.3, 0.4) is 0 Å². The predicted octanol–water partition coefficient (Wildman–Crippen LogP) is 1.79. The third-order valence-corrected chi connectivity index (χ3v) is 4.10. The van der Waals surface area contributed by atoms with Gasteiger partial charge in [-0.05, 0) is 30.9 Å². The van der Waals surface area contributed by atoms with Gasteiger partial charge in [0.15, 0.2) is 0 Å². The van der Waals surface area contributed by atoms with E-state index >= 15 is 0 Å². The molecule has 2 aliphatic rings. The summed E-state index contributed by atoms with van der Waals surface area (Å²) in [6.07, 6.45) is 1.47. The molecule has 0 radical (unpaired) electrons. The quantitative estimate of drug-likeness (QED) is 0.880. The van der Waals surface area contributed by atoms with Gasteiger partial charge in [-0.25, -0.2) is 0 Å². The van der Waals surface area contributed by atoms with E-state index in [9.17, 15) is 0 Å². The van der Waals surface area contributed by atoms with Gasteiger partial charge in [0, 0.05) is 6.04 Å². The zero-order chi connectivity index (χ0) is 12.4. The summed E-state index contributed by atoms with van der Waals surface area (Å²) in [5, 5.41) is 3.43. The van der Waals surface area contributed by atoms with Crippen molar-refractivity contribution in [3.05, 3.63) is 35.9 Å². The van der Waals surface area contributed by atoms with Gasteiger partial charge < -0.3 is 14.8 Å². The Hall–Kier alpha value is -0.900. The summed E-state index contributed by atoms with van der Waals surface area (Å²) in [5.74, 6) is 1.37. The Balaban J connectivity index is 1.64. The highest BCUT2D eigenvalue weighted by molar-refractivity contribution is 5.27. The van der Waals surface area contributed by atoms with Gasteiger partial charge in [-0.3, -0.25) is 0 Å². The number of hydrogen-bond donors (Lipinski definition) is 1. The third kappa shape index (κ3) is 2.44. The molecule has 4 atom stereocenters. The highest BCUT2D eigenvalue weighted by Crippen LogP contribution is 2.50.